The molecule has 0 atom stereocenters. The van der Waals surface area contributed by atoms with E-state index >= 15 is 0 Å². The summed E-state index contributed by atoms with van der Waals surface area (Å²) in [7, 11) is 0. The molecule has 1 saturated carbocycles. The number of aromatic amines is 1. The number of carbonyl (C=O) groups is 2. The Bertz CT molecular complexity index is 1330. The van der Waals surface area contributed by atoms with E-state index in [1.165, 1.54) is 0 Å². The standard InChI is InChI=1S/C24H22N6O3/c31-21(18-14-25-19-4-2-1-3-17(18)19)24(32)30-11-9-29(10-12-30)20-8-7-16(13-26-20)22-27-23(33-28-22)15-5-6-15/h1-4,7-8,13-15,25H,5-6,9-12H2. The van der Waals surface area contributed by atoms with Crippen LogP contribution in [0.4, 0.5) is 5.82 Å². The van der Waals surface area contributed by atoms with Crippen LogP contribution in [0.2, 0.25) is 0 Å². The van der Waals surface area contributed by atoms with Crippen molar-refractivity contribution in [3.63, 3.8) is 0 Å². The molecule has 1 aliphatic heterocycles. The van der Waals surface area contributed by atoms with Crippen molar-refractivity contribution in [1.82, 2.24) is 25.0 Å². The number of fused-ring (bicyclic) bond motifs is 1. The number of amides is 1. The highest BCUT2D eigenvalue weighted by Gasteiger charge is 2.30. The molecule has 2 aliphatic rings. The number of nitrogens with one attached hydrogen (secondary N) is 1. The number of hydrogen-bond donors (Lipinski definition) is 1. The molecule has 2 fully saturated rings. The molecule has 1 saturated heterocycles. The molecule has 0 radical (unpaired) electrons. The zero-order valence-corrected chi connectivity index (χ0v) is 17.9. The summed E-state index contributed by atoms with van der Waals surface area (Å²) in [6, 6.07) is 11.3. The van der Waals surface area contributed by atoms with Gasteiger partial charge in [0.2, 0.25) is 11.7 Å². The van der Waals surface area contributed by atoms with E-state index in [2.05, 4.69) is 25.0 Å². The molecule has 1 amide bonds. The number of hydrogen-bond acceptors (Lipinski definition) is 7. The SMILES string of the molecule is O=C(C(=O)N1CCN(c2ccc(-c3noc(C4CC4)n3)cn2)CC1)c1c[nH]c2ccccc12. The van der Waals surface area contributed by atoms with Crippen molar-refractivity contribution in [3.05, 3.63) is 60.2 Å². The van der Waals surface area contributed by atoms with E-state index in [4.69, 9.17) is 4.52 Å². The van der Waals surface area contributed by atoms with E-state index in [1.54, 1.807) is 17.3 Å². The molecular weight excluding hydrogens is 420 g/mol. The van der Waals surface area contributed by atoms with Gasteiger partial charge in [-0.2, -0.15) is 4.98 Å². The molecule has 1 N–H and O–H groups in total. The van der Waals surface area contributed by atoms with Crippen LogP contribution < -0.4 is 4.90 Å². The number of anilines is 1. The van der Waals surface area contributed by atoms with Crippen LogP contribution in [0.3, 0.4) is 0 Å². The number of aromatic nitrogens is 4. The van der Waals surface area contributed by atoms with E-state index in [9.17, 15) is 9.59 Å². The number of ketones is 1. The molecule has 4 heterocycles. The third-order valence-electron chi connectivity index (χ3n) is 6.29. The topological polar surface area (TPSA) is 108 Å². The minimum atomic E-state index is -0.478. The number of para-hydroxylation sites is 1. The van der Waals surface area contributed by atoms with Gasteiger partial charge in [0.1, 0.15) is 5.82 Å². The Morgan fingerprint density at radius 2 is 1.85 bits per heavy atom. The summed E-state index contributed by atoms with van der Waals surface area (Å²) in [5.41, 5.74) is 2.08. The fourth-order valence-electron chi connectivity index (χ4n) is 4.21. The first-order chi connectivity index (χ1) is 16.2. The number of Topliss-reactive ketones (excluding diaryl/α,β-unsaturated/α-hetero) is 1. The highest BCUT2D eigenvalue weighted by molar-refractivity contribution is 6.44. The molecule has 0 unspecified atom stereocenters. The number of H-pyrrole nitrogens is 1. The van der Waals surface area contributed by atoms with Crippen LogP contribution in [0.15, 0.2) is 53.3 Å². The van der Waals surface area contributed by atoms with Crippen molar-refractivity contribution in [1.29, 1.82) is 0 Å². The second-order valence-electron chi connectivity index (χ2n) is 8.49. The number of benzene rings is 1. The molecule has 0 bridgehead atoms. The Morgan fingerprint density at radius 1 is 1.03 bits per heavy atom. The molecule has 3 aromatic heterocycles. The van der Waals surface area contributed by atoms with Gasteiger partial charge in [-0.1, -0.05) is 23.4 Å². The summed E-state index contributed by atoms with van der Waals surface area (Å²) in [4.78, 5) is 41.5. The van der Waals surface area contributed by atoms with Crippen molar-refractivity contribution in [2.75, 3.05) is 31.1 Å². The van der Waals surface area contributed by atoms with Gasteiger partial charge in [0.25, 0.3) is 11.7 Å². The van der Waals surface area contributed by atoms with Gasteiger partial charge < -0.3 is 19.3 Å². The number of piperazine rings is 1. The van der Waals surface area contributed by atoms with Crippen LogP contribution in [0, 0.1) is 0 Å². The van der Waals surface area contributed by atoms with Crippen molar-refractivity contribution in [3.8, 4) is 11.4 Å². The molecular formula is C24H22N6O3. The smallest absolute Gasteiger partial charge is 0.295 e. The zero-order chi connectivity index (χ0) is 22.4. The van der Waals surface area contributed by atoms with Crippen LogP contribution in [0.25, 0.3) is 22.3 Å². The average Bonchev–Trinajstić information content (AvgIpc) is 3.44. The van der Waals surface area contributed by atoms with Crippen LogP contribution in [-0.2, 0) is 4.79 Å². The van der Waals surface area contributed by atoms with E-state index in [0.29, 0.717) is 49.4 Å². The van der Waals surface area contributed by atoms with Gasteiger partial charge in [-0.25, -0.2) is 4.98 Å². The fraction of sp³-hybridized carbons (Fsp3) is 0.292. The van der Waals surface area contributed by atoms with E-state index in [1.807, 2.05) is 36.4 Å². The van der Waals surface area contributed by atoms with Gasteiger partial charge in [-0.05, 0) is 31.0 Å². The largest absolute Gasteiger partial charge is 0.360 e. The normalized spacial score (nSPS) is 16.4. The van der Waals surface area contributed by atoms with Gasteiger partial charge in [0.15, 0.2) is 0 Å². The summed E-state index contributed by atoms with van der Waals surface area (Å²) in [6.45, 7) is 2.14. The third kappa shape index (κ3) is 3.65. The number of nitrogens with zero attached hydrogens (tertiary/aromatic N) is 5. The lowest BCUT2D eigenvalue weighted by atomic mass is 10.1. The quantitative estimate of drug-likeness (QED) is 0.374. The highest BCUT2D eigenvalue weighted by Crippen LogP contribution is 2.39. The Hall–Kier alpha value is -4.01. The van der Waals surface area contributed by atoms with Crippen LogP contribution in [-0.4, -0.2) is 62.9 Å². The van der Waals surface area contributed by atoms with Gasteiger partial charge >= 0.3 is 0 Å². The van der Waals surface area contributed by atoms with Crippen molar-refractivity contribution >= 4 is 28.4 Å². The lowest BCUT2D eigenvalue weighted by Gasteiger charge is -2.35. The Labute approximate surface area is 189 Å². The lowest BCUT2D eigenvalue weighted by molar-refractivity contribution is -0.126. The summed E-state index contributed by atoms with van der Waals surface area (Å²) < 4.78 is 5.33. The first-order valence-corrected chi connectivity index (χ1v) is 11.1. The van der Waals surface area contributed by atoms with Gasteiger partial charge in [-0.15, -0.1) is 0 Å². The second kappa shape index (κ2) is 7.84. The van der Waals surface area contributed by atoms with E-state index in [-0.39, 0.29) is 0 Å². The maximum atomic E-state index is 12.8. The molecule has 1 aliphatic carbocycles. The van der Waals surface area contributed by atoms with Crippen LogP contribution in [0.5, 0.6) is 0 Å². The summed E-state index contributed by atoms with van der Waals surface area (Å²) in [5, 5.41) is 4.83. The number of pyridine rings is 1. The molecule has 166 valence electrons. The van der Waals surface area contributed by atoms with E-state index in [0.717, 1.165) is 35.1 Å². The molecule has 1 aromatic carbocycles. The lowest BCUT2D eigenvalue weighted by Crippen LogP contribution is -2.50. The fourth-order valence-corrected chi connectivity index (χ4v) is 4.21. The predicted octanol–water partition coefficient (Wildman–Crippen LogP) is 3.02. The molecule has 4 aromatic rings. The Morgan fingerprint density at radius 3 is 2.61 bits per heavy atom. The summed E-state index contributed by atoms with van der Waals surface area (Å²) in [6.07, 6.45) is 5.58. The molecule has 0 spiro atoms. The molecule has 6 rings (SSSR count). The Kier molecular flexibility index (Phi) is 4.67. The van der Waals surface area contributed by atoms with Gasteiger partial charge in [-0.3, -0.25) is 9.59 Å². The van der Waals surface area contributed by atoms with Crippen LogP contribution in [0.1, 0.15) is 35.0 Å². The molecule has 9 heteroatoms. The predicted molar refractivity (Wildman–Crippen MR) is 121 cm³/mol. The molecule has 9 nitrogen and oxygen atoms in total. The summed E-state index contributed by atoms with van der Waals surface area (Å²) in [5.74, 6) is 1.56. The minimum Gasteiger partial charge on any atom is -0.360 e. The highest BCUT2D eigenvalue weighted by atomic mass is 16.5. The van der Waals surface area contributed by atoms with Crippen molar-refractivity contribution < 1.29 is 14.1 Å². The Balaban J connectivity index is 1.09. The monoisotopic (exact) mass is 442 g/mol. The minimum absolute atomic E-state index is 0.417. The first kappa shape index (κ1) is 19.7. The van der Waals surface area contributed by atoms with Crippen LogP contribution >= 0.6 is 0 Å². The van der Waals surface area contributed by atoms with Gasteiger partial charge in [0.05, 0.1) is 5.56 Å². The first-order valence-electron chi connectivity index (χ1n) is 11.1. The average molecular weight is 442 g/mol. The number of rotatable bonds is 5. The summed E-state index contributed by atoms with van der Waals surface area (Å²) >= 11 is 0. The van der Waals surface area contributed by atoms with Crippen molar-refractivity contribution in [2.24, 2.45) is 0 Å². The zero-order valence-electron chi connectivity index (χ0n) is 17.9. The second-order valence-corrected chi connectivity index (χ2v) is 8.49. The van der Waals surface area contributed by atoms with Crippen molar-refractivity contribution in [2.45, 2.75) is 18.8 Å². The maximum absolute atomic E-state index is 12.8. The van der Waals surface area contributed by atoms with Gasteiger partial charge in [0, 0.05) is 61.0 Å². The number of carbonyl (C=O) groups excluding carboxylic acids is 2. The maximum Gasteiger partial charge on any atom is 0.295 e. The molecule has 33 heavy (non-hydrogen) atoms. The van der Waals surface area contributed by atoms with E-state index < -0.39 is 11.7 Å². The third-order valence-corrected chi connectivity index (χ3v) is 6.29.